The van der Waals surface area contributed by atoms with Crippen LogP contribution < -0.4 is 10.1 Å². The van der Waals surface area contributed by atoms with Crippen molar-refractivity contribution in [2.75, 3.05) is 26.8 Å². The van der Waals surface area contributed by atoms with E-state index >= 15 is 0 Å². The second-order valence-corrected chi connectivity index (χ2v) is 12.2. The number of nitrogens with zero attached hydrogens (tertiary/aromatic N) is 3. The van der Waals surface area contributed by atoms with Crippen LogP contribution in [0.5, 0.6) is 5.75 Å². The van der Waals surface area contributed by atoms with Gasteiger partial charge in [0.05, 0.1) is 30.7 Å². The van der Waals surface area contributed by atoms with Crippen LogP contribution in [0.3, 0.4) is 0 Å². The number of methoxy groups -OCH3 is 1. The van der Waals surface area contributed by atoms with Crippen LogP contribution in [0.2, 0.25) is 0 Å². The number of nitro groups is 1. The van der Waals surface area contributed by atoms with Crippen molar-refractivity contribution < 1.29 is 38.3 Å². The number of nitro benzene ring substituents is 1. The van der Waals surface area contributed by atoms with Gasteiger partial charge in [-0.1, -0.05) is 30.7 Å². The van der Waals surface area contributed by atoms with Gasteiger partial charge in [-0.25, -0.2) is 14.4 Å². The number of rotatable bonds is 17. The predicted octanol–water partition coefficient (Wildman–Crippen LogP) is 5.20. The Kier molecular flexibility index (Phi) is 12.5. The summed E-state index contributed by atoms with van der Waals surface area (Å²) in [6.45, 7) is 9.94. The number of non-ortho nitro benzene ring substituents is 1. The van der Waals surface area contributed by atoms with Crippen LogP contribution in [0, 0.1) is 16.0 Å². The van der Waals surface area contributed by atoms with Gasteiger partial charge in [-0.05, 0) is 62.4 Å². The smallest absolute Gasteiger partial charge is 0.338 e. The Bertz CT molecular complexity index is 1530. The van der Waals surface area contributed by atoms with E-state index < -0.39 is 46.5 Å². The third kappa shape index (κ3) is 9.04. The van der Waals surface area contributed by atoms with E-state index in [1.54, 1.807) is 25.0 Å². The zero-order chi connectivity index (χ0) is 35.6. The fourth-order valence-corrected chi connectivity index (χ4v) is 5.99. The quantitative estimate of drug-likeness (QED) is 0.0782. The maximum Gasteiger partial charge on any atom is 0.338 e. The van der Waals surface area contributed by atoms with Gasteiger partial charge in [0.2, 0.25) is 5.91 Å². The molecule has 1 N–H and O–H groups in total. The minimum absolute atomic E-state index is 0.0241. The Hall–Kier alpha value is -5.20. The number of hydrogen-bond donors (Lipinski definition) is 1. The number of esters is 2. The lowest BCUT2D eigenvalue weighted by Gasteiger charge is -2.32. The lowest BCUT2D eigenvalue weighted by Crippen LogP contribution is -2.55. The van der Waals surface area contributed by atoms with Crippen LogP contribution in [0.4, 0.5) is 10.5 Å². The number of ether oxygens (including phenoxy) is 3. The fourth-order valence-electron chi connectivity index (χ4n) is 5.99. The first kappa shape index (κ1) is 36.6. The van der Waals surface area contributed by atoms with Gasteiger partial charge >= 0.3 is 18.0 Å². The van der Waals surface area contributed by atoms with Gasteiger partial charge < -0.3 is 29.3 Å². The second-order valence-electron chi connectivity index (χ2n) is 12.2. The number of unbranched alkanes of at least 4 members (excludes halogenated alkanes) is 3. The summed E-state index contributed by atoms with van der Waals surface area (Å²) in [5, 5.41) is 13.9. The number of amides is 3. The summed E-state index contributed by atoms with van der Waals surface area (Å²) < 4.78 is 16.3. The Morgan fingerprint density at radius 1 is 1.08 bits per heavy atom. The number of nitrogens with one attached hydrogen (secondary N) is 1. The summed E-state index contributed by atoms with van der Waals surface area (Å²) in [4.78, 5) is 67.9. The third-order valence-electron chi connectivity index (χ3n) is 8.82. The van der Waals surface area contributed by atoms with E-state index in [9.17, 15) is 29.3 Å². The van der Waals surface area contributed by atoms with Gasteiger partial charge in [-0.2, -0.15) is 0 Å². The molecule has 3 amide bonds. The molecule has 0 bridgehead atoms. The van der Waals surface area contributed by atoms with Gasteiger partial charge in [-0.15, -0.1) is 13.2 Å². The number of carbonyl (C=O) groups is 4. The maximum atomic E-state index is 14.4. The number of carbonyl (C=O) groups excluding carboxylic acids is 4. The Labute approximate surface area is 286 Å². The topological polar surface area (TPSA) is 158 Å². The summed E-state index contributed by atoms with van der Waals surface area (Å²) in [5.74, 6) is -1.56. The van der Waals surface area contributed by atoms with E-state index in [1.165, 1.54) is 29.2 Å². The molecular formula is C36H44N4O9. The van der Waals surface area contributed by atoms with Gasteiger partial charge in [0.1, 0.15) is 23.4 Å². The molecule has 0 aromatic heterocycles. The molecule has 13 nitrogen and oxygen atoms in total. The molecule has 1 heterocycles. The molecule has 1 aliphatic heterocycles. The molecule has 2 aromatic rings. The second kappa shape index (κ2) is 16.8. The zero-order valence-corrected chi connectivity index (χ0v) is 28.0. The van der Waals surface area contributed by atoms with Crippen molar-refractivity contribution in [3.8, 4) is 5.75 Å². The zero-order valence-electron chi connectivity index (χ0n) is 28.0. The van der Waals surface area contributed by atoms with Crippen molar-refractivity contribution in [2.45, 2.75) is 69.7 Å². The highest BCUT2D eigenvalue weighted by atomic mass is 16.6. The van der Waals surface area contributed by atoms with Crippen molar-refractivity contribution in [2.24, 2.45) is 5.92 Å². The molecule has 0 unspecified atom stereocenters. The standard InChI is InChI=1S/C36H44N4O9/c1-5-8-9-10-11-20-38(23-25-12-18-29(47-4)19-13-25)35(44)39-24-30(49-33(42)26-14-16-28(17-15-26)40(45)46)21-31(39)32(41)37-36(22-27(36)6-2)34(43)48-7-3/h5-6,12-19,27,30-31H,1-2,7-11,20-24H2,3-4H3,(H,37,41)/t27-,30+,31+,36-/m1/s1. The van der Waals surface area contributed by atoms with Crippen LogP contribution in [-0.2, 0) is 25.6 Å². The average molecular weight is 677 g/mol. The number of benzene rings is 2. The molecule has 4 atom stereocenters. The summed E-state index contributed by atoms with van der Waals surface area (Å²) >= 11 is 0. The van der Waals surface area contributed by atoms with E-state index in [-0.39, 0.29) is 43.3 Å². The lowest BCUT2D eigenvalue weighted by molar-refractivity contribution is -0.384. The third-order valence-corrected chi connectivity index (χ3v) is 8.82. The van der Waals surface area contributed by atoms with Gasteiger partial charge in [0.15, 0.2) is 0 Å². The first-order chi connectivity index (χ1) is 23.6. The van der Waals surface area contributed by atoms with E-state index in [2.05, 4.69) is 18.5 Å². The molecule has 2 fully saturated rings. The van der Waals surface area contributed by atoms with Crippen LogP contribution in [-0.4, -0.2) is 83.1 Å². The summed E-state index contributed by atoms with van der Waals surface area (Å²) in [7, 11) is 1.57. The molecule has 1 aliphatic carbocycles. The largest absolute Gasteiger partial charge is 0.497 e. The number of hydrogen-bond acceptors (Lipinski definition) is 9. The predicted molar refractivity (Wildman–Crippen MR) is 181 cm³/mol. The average Bonchev–Trinajstić information content (AvgIpc) is 3.66. The summed E-state index contributed by atoms with van der Waals surface area (Å²) in [6.07, 6.45) is 6.22. The highest BCUT2D eigenvalue weighted by Crippen LogP contribution is 2.45. The van der Waals surface area contributed by atoms with E-state index in [1.807, 2.05) is 30.3 Å². The molecule has 0 spiro atoms. The number of likely N-dealkylation sites (tertiary alicyclic amines) is 1. The van der Waals surface area contributed by atoms with Gasteiger partial charge in [0.25, 0.3) is 5.69 Å². The Morgan fingerprint density at radius 2 is 1.80 bits per heavy atom. The maximum absolute atomic E-state index is 14.4. The molecule has 1 saturated carbocycles. The van der Waals surface area contributed by atoms with Crippen LogP contribution in [0.15, 0.2) is 73.8 Å². The lowest BCUT2D eigenvalue weighted by atomic mass is 10.1. The SMILES string of the molecule is C=CCCCCCN(Cc1ccc(OC)cc1)C(=O)N1C[C@@H](OC(=O)c2ccc([N+](=O)[O-])cc2)C[C@H]1C(=O)N[C@]1(C(=O)OCC)C[C@H]1C=C. The van der Waals surface area contributed by atoms with Crippen LogP contribution >= 0.6 is 0 Å². The van der Waals surface area contributed by atoms with E-state index in [0.717, 1.165) is 24.8 Å². The van der Waals surface area contributed by atoms with Crippen molar-refractivity contribution in [3.63, 3.8) is 0 Å². The van der Waals surface area contributed by atoms with E-state index in [0.29, 0.717) is 25.1 Å². The van der Waals surface area contributed by atoms with Gasteiger partial charge in [0, 0.05) is 37.6 Å². The molecule has 13 heteroatoms. The van der Waals surface area contributed by atoms with Crippen molar-refractivity contribution >= 4 is 29.6 Å². The highest BCUT2D eigenvalue weighted by molar-refractivity contribution is 5.95. The van der Waals surface area contributed by atoms with Crippen LogP contribution in [0.1, 0.15) is 61.4 Å². The minimum Gasteiger partial charge on any atom is -0.497 e. The molecule has 0 radical (unpaired) electrons. The Balaban J connectivity index is 1.59. The molecule has 2 aromatic carbocycles. The van der Waals surface area contributed by atoms with Crippen molar-refractivity contribution in [1.29, 1.82) is 0 Å². The first-order valence-corrected chi connectivity index (χ1v) is 16.4. The summed E-state index contributed by atoms with van der Waals surface area (Å²) in [6, 6.07) is 10.8. The molecular weight excluding hydrogens is 632 g/mol. The first-order valence-electron chi connectivity index (χ1n) is 16.4. The van der Waals surface area contributed by atoms with Gasteiger partial charge in [-0.3, -0.25) is 14.9 Å². The highest BCUT2D eigenvalue weighted by Gasteiger charge is 2.62. The minimum atomic E-state index is -1.29. The van der Waals surface area contributed by atoms with Crippen LogP contribution in [0.25, 0.3) is 0 Å². The molecule has 2 aliphatic rings. The monoisotopic (exact) mass is 676 g/mol. The van der Waals surface area contributed by atoms with Crippen molar-refractivity contribution in [1.82, 2.24) is 15.1 Å². The molecule has 4 rings (SSSR count). The fraction of sp³-hybridized carbons (Fsp3) is 0.444. The summed E-state index contributed by atoms with van der Waals surface area (Å²) in [5.41, 5.74) is -0.522. The Morgan fingerprint density at radius 3 is 2.39 bits per heavy atom. The number of allylic oxidation sites excluding steroid dienone is 1. The molecule has 49 heavy (non-hydrogen) atoms. The van der Waals surface area contributed by atoms with Crippen molar-refractivity contribution in [3.05, 3.63) is 95.1 Å². The molecule has 262 valence electrons. The normalized spacial score (nSPS) is 20.9. The van der Waals surface area contributed by atoms with E-state index in [4.69, 9.17) is 14.2 Å². The number of urea groups is 1. The molecule has 1 saturated heterocycles.